The van der Waals surface area contributed by atoms with Crippen LogP contribution in [0.1, 0.15) is 68.2 Å². The van der Waals surface area contributed by atoms with Crippen molar-refractivity contribution in [2.24, 2.45) is 0 Å². The summed E-state index contributed by atoms with van der Waals surface area (Å²) < 4.78 is 0. The Hall–Kier alpha value is -1.61. The lowest BCUT2D eigenvalue weighted by atomic mass is 9.89. The molecular weight excluding hydrogens is 282 g/mol. The van der Waals surface area contributed by atoms with Gasteiger partial charge in [0.2, 0.25) is 0 Å². The van der Waals surface area contributed by atoms with Gasteiger partial charge in [-0.05, 0) is 42.3 Å². The van der Waals surface area contributed by atoms with Gasteiger partial charge < -0.3 is 4.90 Å². The normalized spacial score (nSPS) is 20.8. The molecule has 1 aromatic carbocycles. The summed E-state index contributed by atoms with van der Waals surface area (Å²) in [6.07, 6.45) is 4.58. The maximum absolute atomic E-state index is 4.31. The molecule has 1 aromatic heterocycles. The smallest absolute Gasteiger partial charge is 0.0524 e. The topological polar surface area (TPSA) is 31.9 Å². The van der Waals surface area contributed by atoms with Crippen molar-refractivity contribution in [3.8, 4) is 0 Å². The van der Waals surface area contributed by atoms with Gasteiger partial charge in [0, 0.05) is 24.7 Å². The SMILES string of the molecule is CC(C)c1cn[nH]c1[C@@H]1CCCN(C[C@@H](C)c2ccccc2)C1. The number of aromatic amines is 1. The molecule has 0 unspecified atom stereocenters. The molecule has 1 fully saturated rings. The molecule has 124 valence electrons. The Balaban J connectivity index is 1.65. The summed E-state index contributed by atoms with van der Waals surface area (Å²) in [5.74, 6) is 1.73. The first kappa shape index (κ1) is 16.3. The maximum Gasteiger partial charge on any atom is 0.0524 e. The largest absolute Gasteiger partial charge is 0.302 e. The summed E-state index contributed by atoms with van der Waals surface area (Å²) in [4.78, 5) is 2.64. The van der Waals surface area contributed by atoms with Crippen LogP contribution in [0.3, 0.4) is 0 Å². The molecule has 2 aromatic rings. The highest BCUT2D eigenvalue weighted by Gasteiger charge is 2.26. The third-order valence-electron chi connectivity index (χ3n) is 5.14. The van der Waals surface area contributed by atoms with Crippen molar-refractivity contribution < 1.29 is 0 Å². The van der Waals surface area contributed by atoms with Gasteiger partial charge in [0.05, 0.1) is 6.20 Å². The molecule has 3 nitrogen and oxygen atoms in total. The summed E-state index contributed by atoms with van der Waals surface area (Å²) in [6.45, 7) is 10.4. The molecule has 0 bridgehead atoms. The molecule has 2 atom stereocenters. The van der Waals surface area contributed by atoms with Gasteiger partial charge in [-0.3, -0.25) is 5.10 Å². The fraction of sp³-hybridized carbons (Fsp3) is 0.550. The Labute approximate surface area is 140 Å². The standard InChI is InChI=1S/C20H29N3/c1-15(2)19-12-21-22-20(19)18-10-7-11-23(14-18)13-16(3)17-8-5-4-6-9-17/h4-6,8-9,12,15-16,18H,7,10-11,13-14H2,1-3H3,(H,21,22)/t16-,18-/m1/s1. The molecule has 1 aliphatic heterocycles. The van der Waals surface area contributed by atoms with Crippen molar-refractivity contribution in [1.29, 1.82) is 0 Å². The van der Waals surface area contributed by atoms with Crippen LogP contribution in [0.25, 0.3) is 0 Å². The van der Waals surface area contributed by atoms with Crippen molar-refractivity contribution >= 4 is 0 Å². The van der Waals surface area contributed by atoms with E-state index in [1.807, 2.05) is 6.20 Å². The number of hydrogen-bond donors (Lipinski definition) is 1. The Bertz CT molecular complexity index is 602. The highest BCUT2D eigenvalue weighted by atomic mass is 15.2. The first-order valence-corrected chi connectivity index (χ1v) is 8.95. The summed E-state index contributed by atoms with van der Waals surface area (Å²) in [5, 5.41) is 7.59. The van der Waals surface area contributed by atoms with Gasteiger partial charge in [-0.25, -0.2) is 0 Å². The first-order valence-electron chi connectivity index (χ1n) is 8.95. The van der Waals surface area contributed by atoms with Crippen LogP contribution in [0.5, 0.6) is 0 Å². The second kappa shape index (κ2) is 7.31. The molecule has 0 radical (unpaired) electrons. The Kier molecular flexibility index (Phi) is 5.16. The lowest BCUT2D eigenvalue weighted by molar-refractivity contribution is 0.197. The number of piperidine rings is 1. The first-order chi connectivity index (χ1) is 11.1. The maximum atomic E-state index is 4.31. The summed E-state index contributed by atoms with van der Waals surface area (Å²) >= 11 is 0. The highest BCUT2D eigenvalue weighted by molar-refractivity contribution is 5.25. The van der Waals surface area contributed by atoms with Crippen LogP contribution in [-0.2, 0) is 0 Å². The van der Waals surface area contributed by atoms with E-state index < -0.39 is 0 Å². The number of nitrogens with zero attached hydrogens (tertiary/aromatic N) is 2. The predicted octanol–water partition coefficient (Wildman–Crippen LogP) is 4.52. The van der Waals surface area contributed by atoms with Gasteiger partial charge in [-0.1, -0.05) is 51.1 Å². The van der Waals surface area contributed by atoms with Gasteiger partial charge in [0.1, 0.15) is 0 Å². The quantitative estimate of drug-likeness (QED) is 0.880. The molecule has 23 heavy (non-hydrogen) atoms. The minimum Gasteiger partial charge on any atom is -0.302 e. The minimum atomic E-state index is 0.544. The Morgan fingerprint density at radius 2 is 2.00 bits per heavy atom. The fourth-order valence-electron chi connectivity index (χ4n) is 3.82. The zero-order valence-electron chi connectivity index (χ0n) is 14.6. The third-order valence-corrected chi connectivity index (χ3v) is 5.14. The lowest BCUT2D eigenvalue weighted by Gasteiger charge is -2.34. The number of hydrogen-bond acceptors (Lipinski definition) is 2. The molecule has 1 N–H and O–H groups in total. The molecule has 0 amide bonds. The predicted molar refractivity (Wildman–Crippen MR) is 95.9 cm³/mol. The van der Waals surface area contributed by atoms with Crippen LogP contribution in [0.2, 0.25) is 0 Å². The summed E-state index contributed by atoms with van der Waals surface area (Å²) in [6, 6.07) is 10.9. The summed E-state index contributed by atoms with van der Waals surface area (Å²) in [7, 11) is 0. The molecule has 3 heteroatoms. The molecule has 1 saturated heterocycles. The molecule has 0 aliphatic carbocycles. The van der Waals surface area contributed by atoms with Crippen LogP contribution in [-0.4, -0.2) is 34.7 Å². The number of likely N-dealkylation sites (tertiary alicyclic amines) is 1. The van der Waals surface area contributed by atoms with E-state index in [0.29, 0.717) is 17.8 Å². The van der Waals surface area contributed by atoms with E-state index in [4.69, 9.17) is 0 Å². The molecule has 1 aliphatic rings. The van der Waals surface area contributed by atoms with Crippen molar-refractivity contribution in [1.82, 2.24) is 15.1 Å². The van der Waals surface area contributed by atoms with Crippen LogP contribution < -0.4 is 0 Å². The Morgan fingerprint density at radius 3 is 2.74 bits per heavy atom. The molecular formula is C20H29N3. The second-order valence-electron chi connectivity index (χ2n) is 7.30. The lowest BCUT2D eigenvalue weighted by Crippen LogP contribution is -2.37. The highest BCUT2D eigenvalue weighted by Crippen LogP contribution is 2.31. The Morgan fingerprint density at radius 1 is 1.22 bits per heavy atom. The van der Waals surface area contributed by atoms with E-state index in [1.54, 1.807) is 0 Å². The van der Waals surface area contributed by atoms with Crippen molar-refractivity contribution in [2.45, 2.75) is 51.4 Å². The number of benzene rings is 1. The summed E-state index contributed by atoms with van der Waals surface area (Å²) in [5.41, 5.74) is 4.21. The van der Waals surface area contributed by atoms with Gasteiger partial charge in [0.25, 0.3) is 0 Å². The van der Waals surface area contributed by atoms with E-state index in [2.05, 4.69) is 66.2 Å². The van der Waals surface area contributed by atoms with Crippen LogP contribution >= 0.6 is 0 Å². The van der Waals surface area contributed by atoms with Crippen molar-refractivity contribution in [2.75, 3.05) is 19.6 Å². The average molecular weight is 311 g/mol. The van der Waals surface area contributed by atoms with E-state index in [9.17, 15) is 0 Å². The second-order valence-corrected chi connectivity index (χ2v) is 7.30. The van der Waals surface area contributed by atoms with Crippen LogP contribution in [0.4, 0.5) is 0 Å². The zero-order valence-corrected chi connectivity index (χ0v) is 14.6. The number of aromatic nitrogens is 2. The number of nitrogens with one attached hydrogen (secondary N) is 1. The third kappa shape index (κ3) is 3.84. The van der Waals surface area contributed by atoms with Crippen molar-refractivity contribution in [3.63, 3.8) is 0 Å². The minimum absolute atomic E-state index is 0.544. The molecule has 0 spiro atoms. The van der Waals surface area contributed by atoms with Gasteiger partial charge in [0.15, 0.2) is 0 Å². The van der Waals surface area contributed by atoms with Crippen LogP contribution in [0.15, 0.2) is 36.5 Å². The van der Waals surface area contributed by atoms with E-state index in [0.717, 1.165) is 13.1 Å². The van der Waals surface area contributed by atoms with Crippen molar-refractivity contribution in [3.05, 3.63) is 53.3 Å². The van der Waals surface area contributed by atoms with Crippen LogP contribution in [0, 0.1) is 0 Å². The molecule has 3 rings (SSSR count). The number of rotatable bonds is 5. The van der Waals surface area contributed by atoms with Gasteiger partial charge in [-0.2, -0.15) is 5.10 Å². The average Bonchev–Trinajstić information content (AvgIpc) is 3.06. The zero-order chi connectivity index (χ0) is 16.2. The molecule has 2 heterocycles. The monoisotopic (exact) mass is 311 g/mol. The van der Waals surface area contributed by atoms with Gasteiger partial charge in [-0.15, -0.1) is 0 Å². The number of H-pyrrole nitrogens is 1. The van der Waals surface area contributed by atoms with E-state index in [-0.39, 0.29) is 0 Å². The fourth-order valence-corrected chi connectivity index (χ4v) is 3.82. The molecule has 0 saturated carbocycles. The van der Waals surface area contributed by atoms with Gasteiger partial charge >= 0.3 is 0 Å². The van der Waals surface area contributed by atoms with E-state index in [1.165, 1.54) is 36.2 Å². The van der Waals surface area contributed by atoms with E-state index >= 15 is 0 Å².